The summed E-state index contributed by atoms with van der Waals surface area (Å²) >= 11 is 0. The molecule has 39 heavy (non-hydrogen) atoms. The second kappa shape index (κ2) is 10.6. The molecular weight excluding hydrogens is 494 g/mol. The molecule has 1 saturated carbocycles. The van der Waals surface area contributed by atoms with Crippen LogP contribution in [0.1, 0.15) is 77.9 Å². The van der Waals surface area contributed by atoms with Crippen molar-refractivity contribution >= 4 is 28.6 Å². The highest BCUT2D eigenvalue weighted by Gasteiger charge is 2.31. The zero-order valence-electron chi connectivity index (χ0n) is 22.3. The molecule has 1 aliphatic heterocycles. The molecule has 0 aromatic carbocycles. The van der Waals surface area contributed by atoms with Crippen LogP contribution < -0.4 is 5.32 Å². The standard InChI is InChI=1S/C28H33N9O2/c1-17-11-20(12-18(2)32-17)27(39)36-9-7-19(8-10-36)25-24-15-31-28(33-21-13-29-16-30-14-21)34-26(24)37(35-25)22-3-5-23(38)6-4-22/h11-16,19,22-23,38H,3-10H2,1-2H3,(H,31,33,34). The first kappa shape index (κ1) is 25.3. The maximum atomic E-state index is 13.2. The van der Waals surface area contributed by atoms with E-state index >= 15 is 0 Å². The predicted molar refractivity (Wildman–Crippen MR) is 146 cm³/mol. The zero-order chi connectivity index (χ0) is 26.9. The van der Waals surface area contributed by atoms with Gasteiger partial charge in [-0.15, -0.1) is 0 Å². The Morgan fingerprint density at radius 1 is 0.949 bits per heavy atom. The molecule has 2 N–H and O–H groups in total. The van der Waals surface area contributed by atoms with E-state index in [0.717, 1.165) is 66.6 Å². The van der Waals surface area contributed by atoms with Crippen molar-refractivity contribution in [1.29, 1.82) is 0 Å². The van der Waals surface area contributed by atoms with Crippen molar-refractivity contribution in [2.45, 2.75) is 70.4 Å². The third-order valence-electron chi connectivity index (χ3n) is 7.80. The van der Waals surface area contributed by atoms with Crippen LogP contribution in [0.25, 0.3) is 11.0 Å². The number of aliphatic hydroxyl groups is 1. The number of hydrogen-bond donors (Lipinski definition) is 2. The summed E-state index contributed by atoms with van der Waals surface area (Å²) in [5, 5.41) is 19.3. The molecule has 0 unspecified atom stereocenters. The van der Waals surface area contributed by atoms with Crippen molar-refractivity contribution in [3.05, 3.63) is 59.7 Å². The summed E-state index contributed by atoms with van der Waals surface area (Å²) in [6.45, 7) is 5.17. The first-order chi connectivity index (χ1) is 18.9. The van der Waals surface area contributed by atoms with Gasteiger partial charge in [-0.05, 0) is 64.5 Å². The van der Waals surface area contributed by atoms with Gasteiger partial charge in [0.1, 0.15) is 6.33 Å². The molecule has 5 heterocycles. The molecule has 2 fully saturated rings. The summed E-state index contributed by atoms with van der Waals surface area (Å²) in [7, 11) is 0. The average molecular weight is 528 g/mol. The number of likely N-dealkylation sites (tertiary alicyclic amines) is 1. The fourth-order valence-corrected chi connectivity index (χ4v) is 5.85. The van der Waals surface area contributed by atoms with Gasteiger partial charge in [-0.2, -0.15) is 10.1 Å². The molecule has 0 atom stereocenters. The van der Waals surface area contributed by atoms with Crippen LogP contribution in [-0.4, -0.2) is 69.8 Å². The Labute approximate surface area is 226 Å². The lowest BCUT2D eigenvalue weighted by Gasteiger charge is -2.31. The molecule has 0 spiro atoms. The summed E-state index contributed by atoms with van der Waals surface area (Å²) in [5.74, 6) is 0.726. The van der Waals surface area contributed by atoms with E-state index < -0.39 is 0 Å². The minimum Gasteiger partial charge on any atom is -0.393 e. The summed E-state index contributed by atoms with van der Waals surface area (Å²) < 4.78 is 2.05. The number of carbonyl (C=O) groups is 1. The highest BCUT2D eigenvalue weighted by atomic mass is 16.3. The van der Waals surface area contributed by atoms with Crippen LogP contribution in [0.3, 0.4) is 0 Å². The molecule has 2 aliphatic rings. The van der Waals surface area contributed by atoms with Gasteiger partial charge >= 0.3 is 0 Å². The van der Waals surface area contributed by atoms with E-state index in [9.17, 15) is 9.90 Å². The van der Waals surface area contributed by atoms with Crippen LogP contribution in [-0.2, 0) is 0 Å². The predicted octanol–water partition coefficient (Wildman–Crippen LogP) is 3.87. The van der Waals surface area contributed by atoms with Crippen LogP contribution in [0.4, 0.5) is 11.6 Å². The lowest BCUT2D eigenvalue weighted by Crippen LogP contribution is -2.38. The first-order valence-corrected chi connectivity index (χ1v) is 13.6. The van der Waals surface area contributed by atoms with Gasteiger partial charge in [0.15, 0.2) is 5.65 Å². The molecule has 1 amide bonds. The van der Waals surface area contributed by atoms with Crippen LogP contribution in [0.2, 0.25) is 0 Å². The number of anilines is 2. The maximum absolute atomic E-state index is 13.2. The van der Waals surface area contributed by atoms with Crippen molar-refractivity contribution in [3.63, 3.8) is 0 Å². The number of carbonyl (C=O) groups excluding carboxylic acids is 1. The molecule has 11 heteroatoms. The Hall–Kier alpha value is -3.99. The van der Waals surface area contributed by atoms with Crippen LogP contribution in [0, 0.1) is 13.8 Å². The molecular formula is C28H33N9O2. The fourth-order valence-electron chi connectivity index (χ4n) is 5.85. The largest absolute Gasteiger partial charge is 0.393 e. The van der Waals surface area contributed by atoms with Gasteiger partial charge in [-0.3, -0.25) is 9.78 Å². The Morgan fingerprint density at radius 2 is 1.64 bits per heavy atom. The third kappa shape index (κ3) is 5.31. The summed E-state index contributed by atoms with van der Waals surface area (Å²) in [6, 6.07) is 3.90. The third-order valence-corrected chi connectivity index (χ3v) is 7.80. The molecule has 11 nitrogen and oxygen atoms in total. The molecule has 1 saturated heterocycles. The van der Waals surface area contributed by atoms with E-state index in [1.165, 1.54) is 6.33 Å². The number of piperidine rings is 1. The second-order valence-corrected chi connectivity index (χ2v) is 10.7. The van der Waals surface area contributed by atoms with Crippen LogP contribution >= 0.6 is 0 Å². The van der Waals surface area contributed by atoms with E-state index in [-0.39, 0.29) is 24.0 Å². The number of aromatic nitrogens is 7. The zero-order valence-corrected chi connectivity index (χ0v) is 22.3. The highest BCUT2D eigenvalue weighted by molar-refractivity contribution is 5.94. The normalized spacial score (nSPS) is 20.3. The summed E-state index contributed by atoms with van der Waals surface area (Å²) in [4.78, 5) is 37.1. The molecule has 4 aromatic heterocycles. The summed E-state index contributed by atoms with van der Waals surface area (Å²) in [6.07, 6.45) is 11.3. The van der Waals surface area contributed by atoms with Crippen molar-refractivity contribution in [3.8, 4) is 0 Å². The van der Waals surface area contributed by atoms with E-state index in [1.807, 2.05) is 41.8 Å². The van der Waals surface area contributed by atoms with Crippen molar-refractivity contribution in [2.75, 3.05) is 18.4 Å². The number of rotatable bonds is 5. The number of aliphatic hydroxyl groups excluding tert-OH is 1. The average Bonchev–Trinajstić information content (AvgIpc) is 3.32. The van der Waals surface area contributed by atoms with Gasteiger partial charge in [-0.25, -0.2) is 19.6 Å². The number of aryl methyl sites for hydroxylation is 2. The Kier molecular flexibility index (Phi) is 6.90. The molecule has 4 aromatic rings. The molecule has 0 bridgehead atoms. The summed E-state index contributed by atoms with van der Waals surface area (Å²) in [5.41, 5.74) is 4.91. The highest BCUT2D eigenvalue weighted by Crippen LogP contribution is 2.36. The van der Waals surface area contributed by atoms with Gasteiger partial charge in [0.2, 0.25) is 5.95 Å². The Bertz CT molecular complexity index is 1450. The minimum atomic E-state index is -0.248. The van der Waals surface area contributed by atoms with Crippen LogP contribution in [0.5, 0.6) is 0 Å². The van der Waals surface area contributed by atoms with Crippen LogP contribution in [0.15, 0.2) is 37.1 Å². The smallest absolute Gasteiger partial charge is 0.253 e. The lowest BCUT2D eigenvalue weighted by atomic mass is 9.92. The number of nitrogens with one attached hydrogen (secondary N) is 1. The molecule has 0 radical (unpaired) electrons. The van der Waals surface area contributed by atoms with E-state index in [4.69, 9.17) is 10.1 Å². The van der Waals surface area contributed by atoms with Crippen molar-refractivity contribution < 1.29 is 9.90 Å². The first-order valence-electron chi connectivity index (χ1n) is 13.6. The van der Waals surface area contributed by atoms with E-state index in [0.29, 0.717) is 30.3 Å². The van der Waals surface area contributed by atoms with E-state index in [1.54, 1.807) is 12.4 Å². The van der Waals surface area contributed by atoms with Gasteiger partial charge in [-0.1, -0.05) is 0 Å². The van der Waals surface area contributed by atoms with Gasteiger partial charge in [0.05, 0.1) is 41.3 Å². The number of amides is 1. The van der Waals surface area contributed by atoms with Gasteiger partial charge in [0, 0.05) is 42.2 Å². The number of fused-ring (bicyclic) bond motifs is 1. The van der Waals surface area contributed by atoms with Crippen molar-refractivity contribution in [2.24, 2.45) is 0 Å². The molecule has 1 aliphatic carbocycles. The number of nitrogens with zero attached hydrogens (tertiary/aromatic N) is 8. The SMILES string of the molecule is Cc1cc(C(=O)N2CCC(c3nn(C4CCC(O)CC4)c4nc(Nc5cncnc5)ncc34)CC2)cc(C)n1. The second-order valence-electron chi connectivity index (χ2n) is 10.7. The maximum Gasteiger partial charge on any atom is 0.253 e. The van der Waals surface area contributed by atoms with Gasteiger partial charge < -0.3 is 15.3 Å². The minimum absolute atomic E-state index is 0.0575. The monoisotopic (exact) mass is 527 g/mol. The molecule has 6 rings (SSSR count). The van der Waals surface area contributed by atoms with Gasteiger partial charge in [0.25, 0.3) is 5.91 Å². The number of hydrogen-bond acceptors (Lipinski definition) is 9. The quantitative estimate of drug-likeness (QED) is 0.396. The van der Waals surface area contributed by atoms with E-state index in [2.05, 4.69) is 25.3 Å². The van der Waals surface area contributed by atoms with Crippen molar-refractivity contribution in [1.82, 2.24) is 39.6 Å². The number of pyridine rings is 1. The molecule has 202 valence electrons. The topological polar surface area (TPSA) is 135 Å². The fraction of sp³-hybridized carbons (Fsp3) is 0.464. The Morgan fingerprint density at radius 3 is 2.33 bits per heavy atom. The lowest BCUT2D eigenvalue weighted by molar-refractivity contribution is 0.0711. The Balaban J connectivity index is 1.26.